The van der Waals surface area contributed by atoms with Crippen molar-refractivity contribution in [1.82, 2.24) is 0 Å². The van der Waals surface area contributed by atoms with E-state index in [0.717, 1.165) is 16.3 Å². The Bertz CT molecular complexity index is 261. The number of hydrogen-bond donors (Lipinski definition) is 0. The van der Waals surface area contributed by atoms with E-state index in [1.165, 1.54) is 0 Å². The van der Waals surface area contributed by atoms with Gasteiger partial charge in [-0.15, -0.1) is 0 Å². The van der Waals surface area contributed by atoms with Crippen LogP contribution in [0.1, 0.15) is 12.5 Å². The molecule has 0 bridgehead atoms. The van der Waals surface area contributed by atoms with E-state index in [1.54, 1.807) is 7.05 Å². The van der Waals surface area contributed by atoms with Gasteiger partial charge in [-0.3, -0.25) is 4.99 Å². The second kappa shape index (κ2) is 3.54. The molecule has 0 aliphatic rings. The van der Waals surface area contributed by atoms with E-state index < -0.39 is 0 Å². The van der Waals surface area contributed by atoms with Crippen LogP contribution in [-0.4, -0.2) is 12.8 Å². The fourth-order valence-corrected chi connectivity index (χ4v) is 0.946. The summed E-state index contributed by atoms with van der Waals surface area (Å²) in [5.41, 5.74) is 2.15. The minimum Gasteiger partial charge on any atom is -0.293 e. The van der Waals surface area contributed by atoms with Crippen molar-refractivity contribution in [2.24, 2.45) is 4.99 Å². The Morgan fingerprint density at radius 2 is 1.82 bits per heavy atom. The van der Waals surface area contributed by atoms with Crippen LogP contribution in [0.15, 0.2) is 29.3 Å². The van der Waals surface area contributed by atoms with Gasteiger partial charge in [0.05, 0.1) is 0 Å². The Balaban J connectivity index is 2.99. The molecule has 11 heavy (non-hydrogen) atoms. The first-order chi connectivity index (χ1) is 5.24. The number of halogens is 1. The number of rotatable bonds is 1. The molecule has 0 aliphatic carbocycles. The van der Waals surface area contributed by atoms with Crippen LogP contribution in [0.5, 0.6) is 0 Å². The van der Waals surface area contributed by atoms with Gasteiger partial charge in [0.1, 0.15) is 0 Å². The normalized spacial score (nSPS) is 11.7. The Morgan fingerprint density at radius 1 is 1.27 bits per heavy atom. The summed E-state index contributed by atoms with van der Waals surface area (Å²) in [6, 6.07) is 7.66. The van der Waals surface area contributed by atoms with Crippen LogP contribution in [0, 0.1) is 0 Å². The Morgan fingerprint density at radius 3 is 2.27 bits per heavy atom. The lowest BCUT2D eigenvalue weighted by Gasteiger charge is -1.97. The van der Waals surface area contributed by atoms with Gasteiger partial charge >= 0.3 is 0 Å². The summed E-state index contributed by atoms with van der Waals surface area (Å²) in [6.45, 7) is 1.98. The third-order valence-electron chi connectivity index (χ3n) is 1.60. The van der Waals surface area contributed by atoms with Crippen LogP contribution in [0.4, 0.5) is 0 Å². The van der Waals surface area contributed by atoms with Crippen molar-refractivity contribution in [3.63, 3.8) is 0 Å². The Hall–Kier alpha value is -0.820. The van der Waals surface area contributed by atoms with Gasteiger partial charge in [-0.1, -0.05) is 23.7 Å². The standard InChI is InChI=1S/C9H10ClN/c1-7(11-2)8-3-5-9(10)6-4-8/h3-6H,1-2H3. The van der Waals surface area contributed by atoms with Gasteiger partial charge in [-0.25, -0.2) is 0 Å². The van der Waals surface area contributed by atoms with Crippen LogP contribution in [0.2, 0.25) is 5.02 Å². The number of benzene rings is 1. The molecule has 0 fully saturated rings. The molecule has 0 N–H and O–H groups in total. The lowest BCUT2D eigenvalue weighted by atomic mass is 10.1. The SMILES string of the molecule is CN=C(C)c1ccc(Cl)cc1. The van der Waals surface area contributed by atoms with Crippen molar-refractivity contribution in [2.75, 3.05) is 7.05 Å². The predicted octanol–water partition coefficient (Wildman–Crippen LogP) is 2.78. The van der Waals surface area contributed by atoms with Gasteiger partial charge in [0.25, 0.3) is 0 Å². The molecule has 1 aromatic rings. The zero-order chi connectivity index (χ0) is 8.27. The van der Waals surface area contributed by atoms with Gasteiger partial charge < -0.3 is 0 Å². The number of nitrogens with zero attached hydrogens (tertiary/aromatic N) is 1. The van der Waals surface area contributed by atoms with Crippen molar-refractivity contribution < 1.29 is 0 Å². The fraction of sp³-hybridized carbons (Fsp3) is 0.222. The molecule has 0 amide bonds. The molecule has 0 radical (unpaired) electrons. The summed E-state index contributed by atoms with van der Waals surface area (Å²) in [4.78, 5) is 4.06. The average molecular weight is 168 g/mol. The molecule has 1 aromatic carbocycles. The maximum Gasteiger partial charge on any atom is 0.0406 e. The molecule has 1 nitrogen and oxygen atoms in total. The van der Waals surface area contributed by atoms with Gasteiger partial charge in [-0.05, 0) is 24.6 Å². The first-order valence-corrected chi connectivity index (χ1v) is 3.81. The molecule has 0 spiro atoms. The fourth-order valence-electron chi connectivity index (χ4n) is 0.820. The maximum atomic E-state index is 5.72. The summed E-state index contributed by atoms with van der Waals surface area (Å²) in [5, 5.41) is 0.762. The molecule has 0 unspecified atom stereocenters. The molecule has 1 rings (SSSR count). The zero-order valence-electron chi connectivity index (χ0n) is 6.63. The molecule has 0 aromatic heterocycles. The molecule has 0 atom stereocenters. The van der Waals surface area contributed by atoms with Crippen molar-refractivity contribution in [1.29, 1.82) is 0 Å². The first-order valence-electron chi connectivity index (χ1n) is 3.43. The van der Waals surface area contributed by atoms with E-state index >= 15 is 0 Å². The lowest BCUT2D eigenvalue weighted by Crippen LogP contribution is -1.92. The second-order valence-corrected chi connectivity index (χ2v) is 2.75. The van der Waals surface area contributed by atoms with E-state index in [-0.39, 0.29) is 0 Å². The van der Waals surface area contributed by atoms with E-state index in [4.69, 9.17) is 11.6 Å². The molecular weight excluding hydrogens is 158 g/mol. The summed E-state index contributed by atoms with van der Waals surface area (Å²) in [7, 11) is 1.78. The van der Waals surface area contributed by atoms with Crippen molar-refractivity contribution >= 4 is 17.3 Å². The summed E-state index contributed by atoms with van der Waals surface area (Å²) in [6.07, 6.45) is 0. The average Bonchev–Trinajstić information content (AvgIpc) is 2.05. The number of aliphatic imine (C=N–C) groups is 1. The third kappa shape index (κ3) is 2.05. The quantitative estimate of drug-likeness (QED) is 0.571. The molecule has 58 valence electrons. The highest BCUT2D eigenvalue weighted by atomic mass is 35.5. The van der Waals surface area contributed by atoms with Crippen molar-refractivity contribution in [3.8, 4) is 0 Å². The van der Waals surface area contributed by atoms with Gasteiger partial charge in [0.2, 0.25) is 0 Å². The van der Waals surface area contributed by atoms with E-state index in [2.05, 4.69) is 4.99 Å². The van der Waals surface area contributed by atoms with Crippen LogP contribution < -0.4 is 0 Å². The van der Waals surface area contributed by atoms with Gasteiger partial charge in [0, 0.05) is 17.8 Å². The zero-order valence-corrected chi connectivity index (χ0v) is 7.39. The van der Waals surface area contributed by atoms with Crippen molar-refractivity contribution in [2.45, 2.75) is 6.92 Å². The topological polar surface area (TPSA) is 12.4 Å². The van der Waals surface area contributed by atoms with Gasteiger partial charge in [0.15, 0.2) is 0 Å². The minimum absolute atomic E-state index is 0.762. The van der Waals surface area contributed by atoms with Crippen LogP contribution in [0.3, 0.4) is 0 Å². The molecule has 0 heterocycles. The van der Waals surface area contributed by atoms with E-state index in [0.29, 0.717) is 0 Å². The maximum absolute atomic E-state index is 5.72. The smallest absolute Gasteiger partial charge is 0.0406 e. The minimum atomic E-state index is 0.762. The molecule has 0 aliphatic heterocycles. The first kappa shape index (κ1) is 8.28. The highest BCUT2D eigenvalue weighted by Crippen LogP contribution is 2.09. The Kier molecular flexibility index (Phi) is 2.66. The predicted molar refractivity (Wildman–Crippen MR) is 49.6 cm³/mol. The lowest BCUT2D eigenvalue weighted by molar-refractivity contribution is 1.41. The monoisotopic (exact) mass is 167 g/mol. The highest BCUT2D eigenvalue weighted by Gasteiger charge is 1.93. The van der Waals surface area contributed by atoms with E-state index in [9.17, 15) is 0 Å². The molecular formula is C9H10ClN. The second-order valence-electron chi connectivity index (χ2n) is 2.32. The van der Waals surface area contributed by atoms with Crippen molar-refractivity contribution in [3.05, 3.63) is 34.9 Å². The number of hydrogen-bond acceptors (Lipinski definition) is 1. The van der Waals surface area contributed by atoms with Crippen LogP contribution in [0.25, 0.3) is 0 Å². The summed E-state index contributed by atoms with van der Waals surface area (Å²) >= 11 is 5.72. The third-order valence-corrected chi connectivity index (χ3v) is 1.85. The summed E-state index contributed by atoms with van der Waals surface area (Å²) < 4.78 is 0. The van der Waals surface area contributed by atoms with Crippen LogP contribution in [-0.2, 0) is 0 Å². The molecule has 0 saturated carbocycles. The Labute approximate surface area is 71.7 Å². The van der Waals surface area contributed by atoms with Gasteiger partial charge in [-0.2, -0.15) is 0 Å². The molecule has 0 saturated heterocycles. The largest absolute Gasteiger partial charge is 0.293 e. The van der Waals surface area contributed by atoms with Crippen LogP contribution >= 0.6 is 11.6 Å². The summed E-state index contributed by atoms with van der Waals surface area (Å²) in [5.74, 6) is 0. The van der Waals surface area contributed by atoms with E-state index in [1.807, 2.05) is 31.2 Å². The molecule has 2 heteroatoms. The highest BCUT2D eigenvalue weighted by molar-refractivity contribution is 6.30.